The second kappa shape index (κ2) is 7.54. The fourth-order valence-corrected chi connectivity index (χ4v) is 2.45. The molecule has 1 saturated heterocycles. The molecule has 1 atom stereocenters. The molecular formula is C13H28N4. The van der Waals surface area contributed by atoms with E-state index in [1.807, 2.05) is 0 Å². The van der Waals surface area contributed by atoms with Crippen molar-refractivity contribution in [2.24, 2.45) is 16.6 Å². The fraction of sp³-hybridized carbons (Fsp3) is 0.923. The van der Waals surface area contributed by atoms with Gasteiger partial charge >= 0.3 is 0 Å². The summed E-state index contributed by atoms with van der Waals surface area (Å²) in [5, 5.41) is 0. The van der Waals surface area contributed by atoms with Crippen molar-refractivity contribution in [3.63, 3.8) is 0 Å². The van der Waals surface area contributed by atoms with E-state index in [-0.39, 0.29) is 0 Å². The van der Waals surface area contributed by atoms with Crippen LogP contribution in [0.1, 0.15) is 33.6 Å². The summed E-state index contributed by atoms with van der Waals surface area (Å²) in [4.78, 5) is 9.18. The van der Waals surface area contributed by atoms with Gasteiger partial charge in [-0.2, -0.15) is 0 Å². The van der Waals surface area contributed by atoms with Crippen LogP contribution in [-0.4, -0.2) is 55.0 Å². The molecule has 2 N–H and O–H groups in total. The highest BCUT2D eigenvalue weighted by molar-refractivity contribution is 5.77. The zero-order valence-corrected chi connectivity index (χ0v) is 11.7. The summed E-state index contributed by atoms with van der Waals surface area (Å²) in [6, 6.07) is 0. The summed E-state index contributed by atoms with van der Waals surface area (Å²) in [5.74, 6) is 1.42. The molecule has 4 nitrogen and oxygen atoms in total. The Kier molecular flexibility index (Phi) is 6.34. The number of aliphatic imine (C=N–C) groups is 1. The minimum atomic E-state index is 0.704. The van der Waals surface area contributed by atoms with Crippen LogP contribution in [0.2, 0.25) is 0 Å². The number of nitrogens with two attached hydrogens (primary N) is 1. The van der Waals surface area contributed by atoms with Gasteiger partial charge in [-0.15, -0.1) is 0 Å². The van der Waals surface area contributed by atoms with Crippen molar-refractivity contribution in [1.82, 2.24) is 9.80 Å². The summed E-state index contributed by atoms with van der Waals surface area (Å²) in [7, 11) is 0. The summed E-state index contributed by atoms with van der Waals surface area (Å²) in [5.41, 5.74) is 5.97. The van der Waals surface area contributed by atoms with Crippen LogP contribution in [0.4, 0.5) is 0 Å². The van der Waals surface area contributed by atoms with Gasteiger partial charge in [0, 0.05) is 26.2 Å². The van der Waals surface area contributed by atoms with E-state index in [0.717, 1.165) is 19.6 Å². The predicted octanol–water partition coefficient (Wildman–Crippen LogP) is 1.37. The van der Waals surface area contributed by atoms with Gasteiger partial charge in [-0.3, -0.25) is 4.99 Å². The van der Waals surface area contributed by atoms with Crippen LogP contribution in [0.15, 0.2) is 4.99 Å². The van der Waals surface area contributed by atoms with Crippen LogP contribution in [0.5, 0.6) is 0 Å². The SMILES string of the molecule is CCCN1CCC(CN=C(N)N(CC)CC)C1. The molecule has 0 bridgehead atoms. The van der Waals surface area contributed by atoms with Gasteiger partial charge in [0.25, 0.3) is 0 Å². The van der Waals surface area contributed by atoms with E-state index in [9.17, 15) is 0 Å². The molecule has 0 aliphatic carbocycles. The van der Waals surface area contributed by atoms with Crippen molar-refractivity contribution in [3.8, 4) is 0 Å². The highest BCUT2D eigenvalue weighted by Crippen LogP contribution is 2.16. The number of likely N-dealkylation sites (tertiary alicyclic amines) is 1. The van der Waals surface area contributed by atoms with Gasteiger partial charge < -0.3 is 15.5 Å². The molecule has 17 heavy (non-hydrogen) atoms. The quantitative estimate of drug-likeness (QED) is 0.563. The maximum atomic E-state index is 5.97. The Bertz CT molecular complexity index is 236. The first-order valence-electron chi connectivity index (χ1n) is 6.98. The third-order valence-electron chi connectivity index (χ3n) is 3.51. The number of nitrogens with zero attached hydrogens (tertiary/aromatic N) is 3. The molecule has 0 aromatic carbocycles. The lowest BCUT2D eigenvalue weighted by Gasteiger charge is -2.20. The Hall–Kier alpha value is -0.770. The van der Waals surface area contributed by atoms with E-state index in [4.69, 9.17) is 5.73 Å². The molecule has 1 fully saturated rings. The lowest BCUT2D eigenvalue weighted by Crippen LogP contribution is -2.37. The summed E-state index contributed by atoms with van der Waals surface area (Å²) in [6.45, 7) is 12.9. The molecule has 1 rings (SSSR count). The van der Waals surface area contributed by atoms with Crippen molar-refractivity contribution in [2.45, 2.75) is 33.6 Å². The Morgan fingerprint density at radius 2 is 2.06 bits per heavy atom. The van der Waals surface area contributed by atoms with Gasteiger partial charge in [0.1, 0.15) is 0 Å². The Balaban J connectivity index is 2.33. The minimum Gasteiger partial charge on any atom is -0.370 e. The molecule has 100 valence electrons. The maximum Gasteiger partial charge on any atom is 0.191 e. The topological polar surface area (TPSA) is 44.9 Å². The summed E-state index contributed by atoms with van der Waals surface area (Å²) >= 11 is 0. The first kappa shape index (κ1) is 14.3. The van der Waals surface area contributed by atoms with E-state index in [1.54, 1.807) is 0 Å². The van der Waals surface area contributed by atoms with Crippen molar-refractivity contribution >= 4 is 5.96 Å². The Morgan fingerprint density at radius 1 is 1.35 bits per heavy atom. The number of rotatable bonds is 6. The standard InChI is InChI=1S/C13H28N4/c1-4-8-16-9-7-12(11-16)10-15-13(14)17(5-2)6-3/h12H,4-11H2,1-3H3,(H2,14,15). The molecule has 1 aliphatic rings. The van der Waals surface area contributed by atoms with Gasteiger partial charge in [-0.05, 0) is 45.7 Å². The molecule has 1 heterocycles. The monoisotopic (exact) mass is 240 g/mol. The molecule has 1 aliphatic heterocycles. The van der Waals surface area contributed by atoms with Crippen molar-refractivity contribution in [2.75, 3.05) is 39.3 Å². The maximum absolute atomic E-state index is 5.97. The van der Waals surface area contributed by atoms with E-state index >= 15 is 0 Å². The zero-order chi connectivity index (χ0) is 12.7. The van der Waals surface area contributed by atoms with E-state index in [1.165, 1.54) is 32.5 Å². The van der Waals surface area contributed by atoms with E-state index in [0.29, 0.717) is 11.9 Å². The Morgan fingerprint density at radius 3 is 2.65 bits per heavy atom. The number of hydrogen-bond acceptors (Lipinski definition) is 2. The fourth-order valence-electron chi connectivity index (χ4n) is 2.45. The molecule has 0 spiro atoms. The molecule has 0 saturated carbocycles. The predicted molar refractivity (Wildman–Crippen MR) is 74.2 cm³/mol. The van der Waals surface area contributed by atoms with Gasteiger partial charge in [-0.25, -0.2) is 0 Å². The largest absolute Gasteiger partial charge is 0.370 e. The molecular weight excluding hydrogens is 212 g/mol. The summed E-state index contributed by atoms with van der Waals surface area (Å²) < 4.78 is 0. The van der Waals surface area contributed by atoms with Crippen molar-refractivity contribution in [1.29, 1.82) is 0 Å². The van der Waals surface area contributed by atoms with Crippen LogP contribution in [-0.2, 0) is 0 Å². The minimum absolute atomic E-state index is 0.704. The first-order chi connectivity index (χ1) is 8.21. The first-order valence-corrected chi connectivity index (χ1v) is 6.98. The smallest absolute Gasteiger partial charge is 0.191 e. The van der Waals surface area contributed by atoms with Crippen LogP contribution in [0.25, 0.3) is 0 Å². The third kappa shape index (κ3) is 4.54. The average Bonchev–Trinajstić information content (AvgIpc) is 2.76. The Labute approximate surface area is 106 Å². The molecule has 0 radical (unpaired) electrons. The van der Waals surface area contributed by atoms with Crippen LogP contribution < -0.4 is 5.73 Å². The van der Waals surface area contributed by atoms with Crippen LogP contribution >= 0.6 is 0 Å². The molecule has 4 heteroatoms. The normalized spacial score (nSPS) is 22.1. The highest BCUT2D eigenvalue weighted by atomic mass is 15.2. The van der Waals surface area contributed by atoms with Crippen LogP contribution in [0, 0.1) is 5.92 Å². The summed E-state index contributed by atoms with van der Waals surface area (Å²) in [6.07, 6.45) is 2.52. The van der Waals surface area contributed by atoms with E-state index in [2.05, 4.69) is 35.6 Å². The molecule has 0 amide bonds. The highest BCUT2D eigenvalue weighted by Gasteiger charge is 2.21. The second-order valence-corrected chi connectivity index (χ2v) is 4.83. The lowest BCUT2D eigenvalue weighted by atomic mass is 10.1. The molecule has 0 aromatic rings. The lowest BCUT2D eigenvalue weighted by molar-refractivity contribution is 0.326. The van der Waals surface area contributed by atoms with E-state index < -0.39 is 0 Å². The second-order valence-electron chi connectivity index (χ2n) is 4.83. The van der Waals surface area contributed by atoms with Crippen LogP contribution in [0.3, 0.4) is 0 Å². The average molecular weight is 240 g/mol. The third-order valence-corrected chi connectivity index (χ3v) is 3.51. The van der Waals surface area contributed by atoms with Crippen molar-refractivity contribution in [3.05, 3.63) is 0 Å². The van der Waals surface area contributed by atoms with Crippen molar-refractivity contribution < 1.29 is 0 Å². The van der Waals surface area contributed by atoms with Gasteiger partial charge in [0.05, 0.1) is 0 Å². The number of hydrogen-bond donors (Lipinski definition) is 1. The molecule has 0 aromatic heterocycles. The van der Waals surface area contributed by atoms with Gasteiger partial charge in [-0.1, -0.05) is 6.92 Å². The number of guanidine groups is 1. The zero-order valence-electron chi connectivity index (χ0n) is 11.7. The van der Waals surface area contributed by atoms with Gasteiger partial charge in [0.2, 0.25) is 0 Å². The van der Waals surface area contributed by atoms with Gasteiger partial charge in [0.15, 0.2) is 5.96 Å². The molecule has 1 unspecified atom stereocenters.